The molecule has 74 valence electrons. The van der Waals surface area contributed by atoms with Crippen LogP contribution in [0.15, 0.2) is 18.3 Å². The van der Waals surface area contributed by atoms with Gasteiger partial charge in [-0.25, -0.2) is 4.98 Å². The molecular formula is C11H15N3. The molecule has 0 radical (unpaired) electrons. The molecule has 0 aliphatic rings. The van der Waals surface area contributed by atoms with Gasteiger partial charge in [-0.05, 0) is 18.1 Å². The molecule has 0 saturated heterocycles. The standard InChI is InChI=1S/C11H15N3/c1-3-9(2)8-14-11-6-10(7-12)4-5-13-11/h4-6,9H,3,8H2,1-2H3,(H,13,14). The monoisotopic (exact) mass is 189 g/mol. The lowest BCUT2D eigenvalue weighted by Crippen LogP contribution is -2.11. The molecule has 0 bridgehead atoms. The third-order valence-electron chi connectivity index (χ3n) is 2.22. The SMILES string of the molecule is CCC(C)CNc1cc(C#N)ccn1. The number of aromatic nitrogens is 1. The highest BCUT2D eigenvalue weighted by atomic mass is 15.0. The zero-order chi connectivity index (χ0) is 10.4. The molecule has 0 saturated carbocycles. The molecule has 0 aromatic carbocycles. The van der Waals surface area contributed by atoms with Crippen molar-refractivity contribution in [3.63, 3.8) is 0 Å². The molecule has 1 atom stereocenters. The maximum absolute atomic E-state index is 8.68. The van der Waals surface area contributed by atoms with Crippen molar-refractivity contribution >= 4 is 5.82 Å². The van der Waals surface area contributed by atoms with E-state index in [0.717, 1.165) is 18.8 Å². The van der Waals surface area contributed by atoms with Crippen molar-refractivity contribution in [1.82, 2.24) is 4.98 Å². The van der Waals surface area contributed by atoms with Crippen molar-refractivity contribution in [1.29, 1.82) is 5.26 Å². The summed E-state index contributed by atoms with van der Waals surface area (Å²) in [7, 11) is 0. The number of anilines is 1. The Balaban J connectivity index is 2.55. The van der Waals surface area contributed by atoms with Crippen LogP contribution in [0.2, 0.25) is 0 Å². The van der Waals surface area contributed by atoms with E-state index in [1.54, 1.807) is 18.3 Å². The van der Waals surface area contributed by atoms with Gasteiger partial charge in [0.1, 0.15) is 5.82 Å². The van der Waals surface area contributed by atoms with Gasteiger partial charge in [0.15, 0.2) is 0 Å². The number of pyridine rings is 1. The Labute approximate surface area is 84.8 Å². The van der Waals surface area contributed by atoms with Crippen LogP contribution < -0.4 is 5.32 Å². The Morgan fingerprint density at radius 3 is 3.07 bits per heavy atom. The van der Waals surface area contributed by atoms with Gasteiger partial charge in [-0.2, -0.15) is 5.26 Å². The van der Waals surface area contributed by atoms with Crippen LogP contribution >= 0.6 is 0 Å². The van der Waals surface area contributed by atoms with Gasteiger partial charge >= 0.3 is 0 Å². The summed E-state index contributed by atoms with van der Waals surface area (Å²) in [5, 5.41) is 11.9. The molecule has 0 fully saturated rings. The quantitative estimate of drug-likeness (QED) is 0.791. The van der Waals surface area contributed by atoms with Crippen LogP contribution in [0.5, 0.6) is 0 Å². The normalized spacial score (nSPS) is 11.8. The summed E-state index contributed by atoms with van der Waals surface area (Å²) in [6.45, 7) is 5.24. The number of hydrogen-bond donors (Lipinski definition) is 1. The second-order valence-corrected chi connectivity index (χ2v) is 3.44. The van der Waals surface area contributed by atoms with Crippen LogP contribution in [-0.4, -0.2) is 11.5 Å². The van der Waals surface area contributed by atoms with E-state index < -0.39 is 0 Å². The highest BCUT2D eigenvalue weighted by Gasteiger charge is 1.99. The average Bonchev–Trinajstić information content (AvgIpc) is 2.26. The second-order valence-electron chi connectivity index (χ2n) is 3.44. The Hall–Kier alpha value is -1.56. The lowest BCUT2D eigenvalue weighted by Gasteiger charge is -2.10. The Morgan fingerprint density at radius 1 is 1.64 bits per heavy atom. The Kier molecular flexibility index (Phi) is 3.93. The van der Waals surface area contributed by atoms with Crippen LogP contribution in [0.4, 0.5) is 5.82 Å². The molecule has 14 heavy (non-hydrogen) atoms. The largest absolute Gasteiger partial charge is 0.370 e. The third-order valence-corrected chi connectivity index (χ3v) is 2.22. The minimum absolute atomic E-state index is 0.627. The fourth-order valence-electron chi connectivity index (χ4n) is 1.02. The first-order chi connectivity index (χ1) is 6.76. The predicted octanol–water partition coefficient (Wildman–Crippen LogP) is 2.41. The first kappa shape index (κ1) is 10.5. The van der Waals surface area contributed by atoms with Crippen LogP contribution in [0.25, 0.3) is 0 Å². The van der Waals surface area contributed by atoms with Gasteiger partial charge in [0, 0.05) is 12.7 Å². The number of hydrogen-bond acceptors (Lipinski definition) is 3. The molecule has 0 aliphatic heterocycles. The van der Waals surface area contributed by atoms with Gasteiger partial charge in [0.2, 0.25) is 0 Å². The van der Waals surface area contributed by atoms with Gasteiger partial charge in [0.05, 0.1) is 11.6 Å². The van der Waals surface area contributed by atoms with E-state index in [9.17, 15) is 0 Å². The lowest BCUT2D eigenvalue weighted by molar-refractivity contribution is 0.592. The van der Waals surface area contributed by atoms with Crippen LogP contribution in [0.1, 0.15) is 25.8 Å². The van der Waals surface area contributed by atoms with Crippen molar-refractivity contribution < 1.29 is 0 Å². The number of nitrogens with zero attached hydrogens (tertiary/aromatic N) is 2. The minimum atomic E-state index is 0.627. The van der Waals surface area contributed by atoms with Gasteiger partial charge in [-0.3, -0.25) is 0 Å². The summed E-state index contributed by atoms with van der Waals surface area (Å²) in [6.07, 6.45) is 2.79. The zero-order valence-electron chi connectivity index (χ0n) is 8.62. The summed E-state index contributed by atoms with van der Waals surface area (Å²) in [6, 6.07) is 5.56. The average molecular weight is 189 g/mol. The topological polar surface area (TPSA) is 48.7 Å². The molecule has 3 heteroatoms. The van der Waals surface area contributed by atoms with Crippen molar-refractivity contribution in [2.75, 3.05) is 11.9 Å². The molecule has 1 unspecified atom stereocenters. The van der Waals surface area contributed by atoms with Gasteiger partial charge < -0.3 is 5.32 Å². The van der Waals surface area contributed by atoms with Gasteiger partial charge in [-0.15, -0.1) is 0 Å². The van der Waals surface area contributed by atoms with Gasteiger partial charge in [0.25, 0.3) is 0 Å². The number of nitrogens with one attached hydrogen (secondary N) is 1. The van der Waals surface area contributed by atoms with E-state index in [-0.39, 0.29) is 0 Å². The molecule has 0 aliphatic carbocycles. The summed E-state index contributed by atoms with van der Waals surface area (Å²) in [4.78, 5) is 4.13. The fourth-order valence-corrected chi connectivity index (χ4v) is 1.02. The summed E-state index contributed by atoms with van der Waals surface area (Å²) in [5.41, 5.74) is 0.645. The summed E-state index contributed by atoms with van der Waals surface area (Å²) >= 11 is 0. The van der Waals surface area contributed by atoms with Crippen LogP contribution in [0.3, 0.4) is 0 Å². The maximum Gasteiger partial charge on any atom is 0.127 e. The molecule has 1 heterocycles. The van der Waals surface area contributed by atoms with Crippen LogP contribution in [0, 0.1) is 17.2 Å². The second kappa shape index (κ2) is 5.23. The third kappa shape index (κ3) is 3.06. The summed E-state index contributed by atoms with van der Waals surface area (Å²) in [5.74, 6) is 1.41. The van der Waals surface area contributed by atoms with E-state index in [2.05, 4.69) is 30.2 Å². The highest BCUT2D eigenvalue weighted by molar-refractivity contribution is 5.42. The van der Waals surface area contributed by atoms with Crippen molar-refractivity contribution in [2.24, 2.45) is 5.92 Å². The maximum atomic E-state index is 8.68. The first-order valence-electron chi connectivity index (χ1n) is 4.86. The van der Waals surface area contributed by atoms with E-state index in [1.165, 1.54) is 0 Å². The van der Waals surface area contributed by atoms with E-state index >= 15 is 0 Å². The lowest BCUT2D eigenvalue weighted by atomic mass is 10.1. The Bertz CT molecular complexity index is 328. The summed E-state index contributed by atoms with van der Waals surface area (Å²) < 4.78 is 0. The first-order valence-corrected chi connectivity index (χ1v) is 4.86. The zero-order valence-corrected chi connectivity index (χ0v) is 8.62. The van der Waals surface area contributed by atoms with E-state index in [0.29, 0.717) is 11.5 Å². The molecule has 3 nitrogen and oxygen atoms in total. The predicted molar refractivity (Wildman–Crippen MR) is 56.9 cm³/mol. The van der Waals surface area contributed by atoms with E-state index in [4.69, 9.17) is 5.26 Å². The molecule has 0 amide bonds. The number of rotatable bonds is 4. The highest BCUT2D eigenvalue weighted by Crippen LogP contribution is 2.07. The number of nitriles is 1. The fraction of sp³-hybridized carbons (Fsp3) is 0.455. The Morgan fingerprint density at radius 2 is 2.43 bits per heavy atom. The smallest absolute Gasteiger partial charge is 0.127 e. The molecule has 1 aromatic heterocycles. The van der Waals surface area contributed by atoms with Crippen molar-refractivity contribution in [3.8, 4) is 6.07 Å². The molecular weight excluding hydrogens is 174 g/mol. The van der Waals surface area contributed by atoms with Crippen molar-refractivity contribution in [2.45, 2.75) is 20.3 Å². The minimum Gasteiger partial charge on any atom is -0.370 e. The van der Waals surface area contributed by atoms with Gasteiger partial charge in [-0.1, -0.05) is 20.3 Å². The molecule has 1 aromatic rings. The molecule has 0 spiro atoms. The molecule has 1 N–H and O–H groups in total. The van der Waals surface area contributed by atoms with E-state index in [1.807, 2.05) is 0 Å². The van der Waals surface area contributed by atoms with Crippen molar-refractivity contribution in [3.05, 3.63) is 23.9 Å². The van der Waals surface area contributed by atoms with Crippen LogP contribution in [-0.2, 0) is 0 Å². The molecule has 1 rings (SSSR count).